The molecule has 0 radical (unpaired) electrons. The third kappa shape index (κ3) is 4.38. The molecular weight excluding hydrogens is 196 g/mol. The SMILES string of the molecule is CCCC(NCC(F)F)c1ccccc1. The van der Waals surface area contributed by atoms with Gasteiger partial charge in [0.25, 0.3) is 6.43 Å². The summed E-state index contributed by atoms with van der Waals surface area (Å²) in [7, 11) is 0. The molecule has 0 bridgehead atoms. The van der Waals surface area contributed by atoms with Gasteiger partial charge in [-0.25, -0.2) is 8.78 Å². The number of nitrogens with one attached hydrogen (secondary N) is 1. The molecule has 1 nitrogen and oxygen atoms in total. The zero-order valence-corrected chi connectivity index (χ0v) is 8.92. The van der Waals surface area contributed by atoms with Crippen LogP contribution in [-0.4, -0.2) is 13.0 Å². The Morgan fingerprint density at radius 3 is 2.40 bits per heavy atom. The normalized spacial score (nSPS) is 13.1. The summed E-state index contributed by atoms with van der Waals surface area (Å²) in [4.78, 5) is 0. The fourth-order valence-electron chi connectivity index (χ4n) is 1.59. The Bertz CT molecular complexity index is 262. The van der Waals surface area contributed by atoms with Crippen molar-refractivity contribution in [3.8, 4) is 0 Å². The van der Waals surface area contributed by atoms with Crippen LogP contribution in [0.2, 0.25) is 0 Å². The molecule has 1 unspecified atom stereocenters. The predicted molar refractivity (Wildman–Crippen MR) is 58.1 cm³/mol. The van der Waals surface area contributed by atoms with E-state index in [4.69, 9.17) is 0 Å². The molecule has 0 heterocycles. The molecule has 3 heteroatoms. The van der Waals surface area contributed by atoms with Gasteiger partial charge in [-0.2, -0.15) is 0 Å². The van der Waals surface area contributed by atoms with E-state index in [0.29, 0.717) is 0 Å². The van der Waals surface area contributed by atoms with Gasteiger partial charge < -0.3 is 5.32 Å². The Morgan fingerprint density at radius 1 is 1.20 bits per heavy atom. The lowest BCUT2D eigenvalue weighted by Crippen LogP contribution is -2.26. The maximum Gasteiger partial charge on any atom is 0.250 e. The van der Waals surface area contributed by atoms with Crippen molar-refractivity contribution in [2.24, 2.45) is 0 Å². The first-order chi connectivity index (χ1) is 7.24. The maximum atomic E-state index is 12.1. The van der Waals surface area contributed by atoms with Crippen molar-refractivity contribution in [3.05, 3.63) is 35.9 Å². The van der Waals surface area contributed by atoms with Crippen molar-refractivity contribution in [2.75, 3.05) is 6.54 Å². The highest BCUT2D eigenvalue weighted by Crippen LogP contribution is 2.17. The van der Waals surface area contributed by atoms with Gasteiger partial charge in [-0.05, 0) is 12.0 Å². The average Bonchev–Trinajstić information content (AvgIpc) is 2.25. The zero-order valence-electron chi connectivity index (χ0n) is 8.92. The van der Waals surface area contributed by atoms with Gasteiger partial charge in [0.05, 0.1) is 6.54 Å². The molecular formula is C12H17F2N. The quantitative estimate of drug-likeness (QED) is 0.763. The molecule has 84 valence electrons. The summed E-state index contributed by atoms with van der Waals surface area (Å²) in [5, 5.41) is 2.89. The molecule has 0 aliphatic rings. The predicted octanol–water partition coefficient (Wildman–Crippen LogP) is 3.38. The van der Waals surface area contributed by atoms with Crippen LogP contribution in [0.4, 0.5) is 8.78 Å². The van der Waals surface area contributed by atoms with Crippen LogP contribution in [0.5, 0.6) is 0 Å². The van der Waals surface area contributed by atoms with Crippen molar-refractivity contribution < 1.29 is 8.78 Å². The first-order valence-corrected chi connectivity index (χ1v) is 5.30. The van der Waals surface area contributed by atoms with Gasteiger partial charge in [0.1, 0.15) is 0 Å². The second kappa shape index (κ2) is 6.51. The van der Waals surface area contributed by atoms with Gasteiger partial charge in [0.2, 0.25) is 0 Å². The highest BCUT2D eigenvalue weighted by Gasteiger charge is 2.11. The summed E-state index contributed by atoms with van der Waals surface area (Å²) in [5.74, 6) is 0. The van der Waals surface area contributed by atoms with Gasteiger partial charge in [-0.15, -0.1) is 0 Å². The van der Waals surface area contributed by atoms with Gasteiger partial charge in [-0.3, -0.25) is 0 Å². The van der Waals surface area contributed by atoms with E-state index >= 15 is 0 Å². The van der Waals surface area contributed by atoms with Crippen molar-refractivity contribution in [1.29, 1.82) is 0 Å². The first kappa shape index (κ1) is 12.1. The molecule has 0 saturated carbocycles. The standard InChI is InChI=1S/C12H17F2N/c1-2-6-11(15-9-12(13)14)10-7-4-3-5-8-10/h3-5,7-8,11-12,15H,2,6,9H2,1H3. The second-order valence-electron chi connectivity index (χ2n) is 3.55. The van der Waals surface area contributed by atoms with Crippen molar-refractivity contribution in [3.63, 3.8) is 0 Å². The lowest BCUT2D eigenvalue weighted by atomic mass is 10.0. The summed E-state index contributed by atoms with van der Waals surface area (Å²) in [6, 6.07) is 9.78. The molecule has 1 rings (SSSR count). The van der Waals surface area contributed by atoms with Crippen molar-refractivity contribution in [2.45, 2.75) is 32.2 Å². The van der Waals surface area contributed by atoms with Crippen molar-refractivity contribution >= 4 is 0 Å². The fraction of sp³-hybridized carbons (Fsp3) is 0.500. The number of halogens is 2. The van der Waals surface area contributed by atoms with Crippen LogP contribution in [0, 0.1) is 0 Å². The molecule has 0 amide bonds. The molecule has 15 heavy (non-hydrogen) atoms. The molecule has 0 spiro atoms. The molecule has 1 aromatic carbocycles. The zero-order chi connectivity index (χ0) is 11.1. The van der Waals surface area contributed by atoms with E-state index in [0.717, 1.165) is 18.4 Å². The monoisotopic (exact) mass is 213 g/mol. The number of alkyl halides is 2. The van der Waals surface area contributed by atoms with E-state index < -0.39 is 6.43 Å². The molecule has 0 saturated heterocycles. The van der Waals surface area contributed by atoms with Crippen LogP contribution in [0.15, 0.2) is 30.3 Å². The summed E-state index contributed by atoms with van der Waals surface area (Å²) in [5.41, 5.74) is 1.08. The van der Waals surface area contributed by atoms with Crippen molar-refractivity contribution in [1.82, 2.24) is 5.32 Å². The van der Waals surface area contributed by atoms with Crippen LogP contribution < -0.4 is 5.32 Å². The minimum atomic E-state index is -2.28. The third-order valence-electron chi connectivity index (χ3n) is 2.30. The number of hydrogen-bond acceptors (Lipinski definition) is 1. The van der Waals surface area contributed by atoms with E-state index in [1.165, 1.54) is 0 Å². The van der Waals surface area contributed by atoms with E-state index in [1.54, 1.807) is 0 Å². The summed E-state index contributed by atoms with van der Waals surface area (Å²) < 4.78 is 24.2. The van der Waals surface area contributed by atoms with E-state index in [1.807, 2.05) is 30.3 Å². The van der Waals surface area contributed by atoms with E-state index in [9.17, 15) is 8.78 Å². The lowest BCUT2D eigenvalue weighted by molar-refractivity contribution is 0.140. The first-order valence-electron chi connectivity index (χ1n) is 5.30. The fourth-order valence-corrected chi connectivity index (χ4v) is 1.59. The van der Waals surface area contributed by atoms with E-state index in [2.05, 4.69) is 12.2 Å². The van der Waals surface area contributed by atoms with Crippen LogP contribution in [0.3, 0.4) is 0 Å². The molecule has 0 aromatic heterocycles. The molecule has 0 fully saturated rings. The molecule has 0 aliphatic carbocycles. The maximum absolute atomic E-state index is 12.1. The lowest BCUT2D eigenvalue weighted by Gasteiger charge is -2.18. The largest absolute Gasteiger partial charge is 0.305 e. The van der Waals surface area contributed by atoms with Gasteiger partial charge in [0, 0.05) is 6.04 Å². The van der Waals surface area contributed by atoms with Gasteiger partial charge >= 0.3 is 0 Å². The Labute approximate surface area is 89.5 Å². The molecule has 0 aliphatic heterocycles. The van der Waals surface area contributed by atoms with Crippen LogP contribution in [-0.2, 0) is 0 Å². The number of rotatable bonds is 6. The Morgan fingerprint density at radius 2 is 1.87 bits per heavy atom. The van der Waals surface area contributed by atoms with Crippen LogP contribution in [0.25, 0.3) is 0 Å². The number of benzene rings is 1. The van der Waals surface area contributed by atoms with Crippen LogP contribution >= 0.6 is 0 Å². The topological polar surface area (TPSA) is 12.0 Å². The second-order valence-corrected chi connectivity index (χ2v) is 3.55. The summed E-state index contributed by atoms with van der Waals surface area (Å²) >= 11 is 0. The van der Waals surface area contributed by atoms with Gasteiger partial charge in [-0.1, -0.05) is 43.7 Å². The molecule has 1 N–H and O–H groups in total. The average molecular weight is 213 g/mol. The smallest absolute Gasteiger partial charge is 0.250 e. The number of hydrogen-bond donors (Lipinski definition) is 1. The summed E-state index contributed by atoms with van der Waals surface area (Å²) in [6.45, 7) is 1.82. The Kier molecular flexibility index (Phi) is 5.26. The minimum Gasteiger partial charge on any atom is -0.305 e. The Hall–Kier alpha value is -0.960. The minimum absolute atomic E-state index is 0.0465. The Balaban J connectivity index is 2.57. The third-order valence-corrected chi connectivity index (χ3v) is 2.30. The highest BCUT2D eigenvalue weighted by atomic mass is 19.3. The van der Waals surface area contributed by atoms with Crippen LogP contribution in [0.1, 0.15) is 31.4 Å². The highest BCUT2D eigenvalue weighted by molar-refractivity contribution is 5.18. The summed E-state index contributed by atoms with van der Waals surface area (Å²) in [6.07, 6.45) is -0.417. The van der Waals surface area contributed by atoms with Gasteiger partial charge in [0.15, 0.2) is 0 Å². The van der Waals surface area contributed by atoms with E-state index in [-0.39, 0.29) is 12.6 Å². The molecule has 1 atom stereocenters. The molecule has 1 aromatic rings.